The molecule has 2 amide bonds. The topological polar surface area (TPSA) is 105 Å². The van der Waals surface area contributed by atoms with Crippen molar-refractivity contribution in [2.24, 2.45) is 0 Å². The van der Waals surface area contributed by atoms with Crippen LogP contribution in [0.5, 0.6) is 0 Å². The molecule has 11 nitrogen and oxygen atoms in total. The Hall–Kier alpha value is -1.44. The SMILES string of the molecule is CN(C)CCOCCOCCOCCOCCOCCOCCOCCN1C(=O)C=CC1=O. The van der Waals surface area contributed by atoms with Crippen LogP contribution in [0.4, 0.5) is 0 Å². The molecule has 0 spiro atoms. The Morgan fingerprint density at radius 1 is 0.545 bits per heavy atom. The van der Waals surface area contributed by atoms with E-state index in [4.69, 9.17) is 33.2 Å². The van der Waals surface area contributed by atoms with Crippen LogP contribution in [0.25, 0.3) is 0 Å². The number of hydrogen-bond acceptors (Lipinski definition) is 10. The molecule has 33 heavy (non-hydrogen) atoms. The molecule has 11 heteroatoms. The fraction of sp³-hybridized carbons (Fsp3) is 0.818. The highest BCUT2D eigenvalue weighted by Crippen LogP contribution is 2.02. The molecule has 1 heterocycles. The lowest BCUT2D eigenvalue weighted by atomic mass is 10.5. The highest BCUT2D eigenvalue weighted by molar-refractivity contribution is 6.12. The van der Waals surface area contributed by atoms with E-state index in [9.17, 15) is 9.59 Å². The molecule has 1 rings (SSSR count). The molecule has 0 aromatic carbocycles. The maximum Gasteiger partial charge on any atom is 0.253 e. The molecule has 0 radical (unpaired) electrons. The highest BCUT2D eigenvalue weighted by atomic mass is 16.6. The fourth-order valence-corrected chi connectivity index (χ4v) is 2.48. The van der Waals surface area contributed by atoms with E-state index in [2.05, 4.69) is 4.90 Å². The predicted molar refractivity (Wildman–Crippen MR) is 120 cm³/mol. The third-order valence-electron chi connectivity index (χ3n) is 4.27. The van der Waals surface area contributed by atoms with Gasteiger partial charge in [0.25, 0.3) is 11.8 Å². The second kappa shape index (κ2) is 21.1. The van der Waals surface area contributed by atoms with Gasteiger partial charge in [-0.3, -0.25) is 14.5 Å². The van der Waals surface area contributed by atoms with Gasteiger partial charge in [-0.25, -0.2) is 0 Å². The van der Waals surface area contributed by atoms with E-state index in [0.717, 1.165) is 11.4 Å². The van der Waals surface area contributed by atoms with Gasteiger partial charge in [-0.15, -0.1) is 0 Å². The number of hydrogen-bond donors (Lipinski definition) is 0. The van der Waals surface area contributed by atoms with E-state index in [1.807, 2.05) is 14.1 Å². The summed E-state index contributed by atoms with van der Waals surface area (Å²) in [6.45, 7) is 8.16. The zero-order valence-electron chi connectivity index (χ0n) is 20.0. The van der Waals surface area contributed by atoms with Crippen LogP contribution in [-0.2, 0) is 42.7 Å². The van der Waals surface area contributed by atoms with E-state index in [1.54, 1.807) is 0 Å². The monoisotopic (exact) mass is 476 g/mol. The Kier molecular flexibility index (Phi) is 18.9. The van der Waals surface area contributed by atoms with Crippen LogP contribution in [0.15, 0.2) is 12.2 Å². The molecule has 1 aliphatic heterocycles. The van der Waals surface area contributed by atoms with E-state index in [1.165, 1.54) is 12.2 Å². The van der Waals surface area contributed by atoms with Gasteiger partial charge in [0.2, 0.25) is 0 Å². The number of imide groups is 1. The van der Waals surface area contributed by atoms with Crippen molar-refractivity contribution in [3.8, 4) is 0 Å². The molecule has 192 valence electrons. The fourth-order valence-electron chi connectivity index (χ4n) is 2.48. The van der Waals surface area contributed by atoms with Crippen molar-refractivity contribution in [3.63, 3.8) is 0 Å². The van der Waals surface area contributed by atoms with Crippen molar-refractivity contribution in [1.29, 1.82) is 0 Å². The lowest BCUT2D eigenvalue weighted by Crippen LogP contribution is -2.33. The van der Waals surface area contributed by atoms with Crippen LogP contribution in [0.3, 0.4) is 0 Å². The summed E-state index contributed by atoms with van der Waals surface area (Å²) >= 11 is 0. The third kappa shape index (κ3) is 17.7. The van der Waals surface area contributed by atoms with Crippen molar-refractivity contribution >= 4 is 11.8 Å². The first kappa shape index (κ1) is 29.6. The maximum atomic E-state index is 11.3. The number of amides is 2. The predicted octanol–water partition coefficient (Wildman–Crippen LogP) is -0.411. The zero-order chi connectivity index (χ0) is 24.0. The van der Waals surface area contributed by atoms with Crippen LogP contribution in [0, 0.1) is 0 Å². The summed E-state index contributed by atoms with van der Waals surface area (Å²) in [4.78, 5) is 25.9. The van der Waals surface area contributed by atoms with Gasteiger partial charge in [0, 0.05) is 18.7 Å². The highest BCUT2D eigenvalue weighted by Gasteiger charge is 2.22. The van der Waals surface area contributed by atoms with E-state index in [-0.39, 0.29) is 18.4 Å². The Bertz CT molecular complexity index is 514. The van der Waals surface area contributed by atoms with Crippen LogP contribution in [-0.4, -0.2) is 141 Å². The summed E-state index contributed by atoms with van der Waals surface area (Å²) in [6, 6.07) is 0. The van der Waals surface area contributed by atoms with Gasteiger partial charge in [0.05, 0.1) is 99.0 Å². The lowest BCUT2D eigenvalue weighted by molar-refractivity contribution is -0.137. The Labute approximate surface area is 196 Å². The average Bonchev–Trinajstić information content (AvgIpc) is 3.11. The minimum atomic E-state index is -0.300. The molecule has 1 aliphatic rings. The van der Waals surface area contributed by atoms with Crippen LogP contribution >= 0.6 is 0 Å². The Morgan fingerprint density at radius 2 is 0.848 bits per heavy atom. The molecule has 0 aromatic rings. The average molecular weight is 477 g/mol. The molecule has 0 fully saturated rings. The van der Waals surface area contributed by atoms with Gasteiger partial charge in [0.1, 0.15) is 0 Å². The summed E-state index contributed by atoms with van der Waals surface area (Å²) in [6.07, 6.45) is 2.52. The smallest absolute Gasteiger partial charge is 0.253 e. The van der Waals surface area contributed by atoms with Crippen molar-refractivity contribution in [2.45, 2.75) is 0 Å². The summed E-state index contributed by atoms with van der Waals surface area (Å²) in [5.74, 6) is -0.599. The quantitative estimate of drug-likeness (QED) is 0.135. The molecule has 0 N–H and O–H groups in total. The van der Waals surface area contributed by atoms with E-state index < -0.39 is 0 Å². The summed E-state index contributed by atoms with van der Waals surface area (Å²) < 4.78 is 37.8. The van der Waals surface area contributed by atoms with E-state index in [0.29, 0.717) is 92.5 Å². The maximum absolute atomic E-state index is 11.3. The second-order valence-electron chi connectivity index (χ2n) is 7.25. The number of carbonyl (C=O) groups excluding carboxylic acids is 2. The van der Waals surface area contributed by atoms with E-state index >= 15 is 0 Å². The largest absolute Gasteiger partial charge is 0.378 e. The summed E-state index contributed by atoms with van der Waals surface area (Å²) in [5.41, 5.74) is 0. The molecule has 0 saturated carbocycles. The minimum absolute atomic E-state index is 0.250. The summed E-state index contributed by atoms with van der Waals surface area (Å²) in [7, 11) is 4.02. The van der Waals surface area contributed by atoms with Gasteiger partial charge in [0.15, 0.2) is 0 Å². The molecular formula is C22H40N2O9. The van der Waals surface area contributed by atoms with Gasteiger partial charge in [-0.05, 0) is 14.1 Å². The number of nitrogens with zero attached hydrogens (tertiary/aromatic N) is 2. The number of ether oxygens (including phenoxy) is 7. The molecule has 0 saturated heterocycles. The van der Waals surface area contributed by atoms with Crippen LogP contribution in [0.2, 0.25) is 0 Å². The van der Waals surface area contributed by atoms with Crippen molar-refractivity contribution in [2.75, 3.05) is 120 Å². The third-order valence-corrected chi connectivity index (χ3v) is 4.27. The Balaban J connectivity index is 1.67. The van der Waals surface area contributed by atoms with Crippen LogP contribution < -0.4 is 0 Å². The minimum Gasteiger partial charge on any atom is -0.378 e. The normalized spacial score (nSPS) is 13.7. The zero-order valence-corrected chi connectivity index (χ0v) is 20.0. The van der Waals surface area contributed by atoms with Gasteiger partial charge >= 0.3 is 0 Å². The first-order valence-electron chi connectivity index (χ1n) is 11.3. The molecule has 0 aliphatic carbocycles. The Morgan fingerprint density at radius 3 is 1.18 bits per heavy atom. The first-order valence-corrected chi connectivity index (χ1v) is 11.3. The number of carbonyl (C=O) groups is 2. The summed E-state index contributed by atoms with van der Waals surface area (Å²) in [5, 5.41) is 0. The lowest BCUT2D eigenvalue weighted by Gasteiger charge is -2.13. The van der Waals surface area contributed by atoms with Crippen molar-refractivity contribution in [1.82, 2.24) is 9.80 Å². The second-order valence-corrected chi connectivity index (χ2v) is 7.25. The van der Waals surface area contributed by atoms with Crippen molar-refractivity contribution < 1.29 is 42.7 Å². The molecule has 0 aromatic heterocycles. The first-order chi connectivity index (χ1) is 16.1. The molecular weight excluding hydrogens is 436 g/mol. The standard InChI is InChI=1S/C22H40N2O9/c1-23(2)5-7-27-9-11-29-13-15-31-17-19-33-20-18-32-16-14-30-12-10-28-8-6-24-21(25)3-4-22(24)26/h3-4H,5-20H2,1-2H3. The van der Waals surface area contributed by atoms with Gasteiger partial charge in [-0.2, -0.15) is 0 Å². The molecule has 0 bridgehead atoms. The molecule has 0 atom stereocenters. The molecule has 0 unspecified atom stereocenters. The van der Waals surface area contributed by atoms with Crippen LogP contribution in [0.1, 0.15) is 0 Å². The van der Waals surface area contributed by atoms with Gasteiger partial charge in [-0.1, -0.05) is 0 Å². The van der Waals surface area contributed by atoms with Gasteiger partial charge < -0.3 is 38.1 Å². The number of likely N-dealkylation sites (N-methyl/N-ethyl adjacent to an activating group) is 1. The number of rotatable bonds is 24. The van der Waals surface area contributed by atoms with Crippen molar-refractivity contribution in [3.05, 3.63) is 12.2 Å².